The third kappa shape index (κ3) is 3.62. The molecule has 0 spiro atoms. The molecule has 0 aliphatic carbocycles. The van der Waals surface area contributed by atoms with E-state index in [0.717, 1.165) is 0 Å². The Hall–Kier alpha value is -2.40. The van der Waals surface area contributed by atoms with Gasteiger partial charge in [0.15, 0.2) is 11.9 Å². The van der Waals surface area contributed by atoms with Crippen LogP contribution >= 0.6 is 11.6 Å². The zero-order valence-corrected chi connectivity index (χ0v) is 12.8. The Kier molecular flexibility index (Phi) is 4.78. The van der Waals surface area contributed by atoms with Crippen LogP contribution in [0.5, 0.6) is 0 Å². The first-order valence-corrected chi connectivity index (χ1v) is 6.96. The smallest absolute Gasteiger partial charge is 0.355 e. The van der Waals surface area contributed by atoms with Gasteiger partial charge in [-0.25, -0.2) is 4.79 Å². The van der Waals surface area contributed by atoms with Crippen LogP contribution in [0.25, 0.3) is 0 Å². The molecule has 0 bridgehead atoms. The summed E-state index contributed by atoms with van der Waals surface area (Å²) in [5, 5.41) is 0.518. The number of ketones is 2. The predicted octanol–water partition coefficient (Wildman–Crippen LogP) is 3.30. The standard InChI is InChI=1S/C16H14ClNO4/c1-9(19)12-7-14(18-8-12)16(21)22-10(2)15(20)11-3-5-13(17)6-4-11/h3-8,10,18H,1-2H3. The number of hydrogen-bond acceptors (Lipinski definition) is 4. The molecule has 1 aromatic heterocycles. The van der Waals surface area contributed by atoms with E-state index in [-0.39, 0.29) is 17.3 Å². The second kappa shape index (κ2) is 6.58. The predicted molar refractivity (Wildman–Crippen MR) is 81.5 cm³/mol. The van der Waals surface area contributed by atoms with Gasteiger partial charge in [0.1, 0.15) is 5.69 Å². The molecular weight excluding hydrogens is 306 g/mol. The van der Waals surface area contributed by atoms with E-state index in [2.05, 4.69) is 4.98 Å². The van der Waals surface area contributed by atoms with Gasteiger partial charge in [-0.3, -0.25) is 9.59 Å². The Labute approximate surface area is 132 Å². The van der Waals surface area contributed by atoms with Crippen LogP contribution in [0.3, 0.4) is 0 Å². The first-order valence-electron chi connectivity index (χ1n) is 6.58. The lowest BCUT2D eigenvalue weighted by atomic mass is 10.1. The second-order valence-corrected chi connectivity index (χ2v) is 5.21. The Balaban J connectivity index is 2.05. The zero-order valence-electron chi connectivity index (χ0n) is 12.1. The molecule has 0 radical (unpaired) electrons. The normalized spacial score (nSPS) is 11.8. The van der Waals surface area contributed by atoms with E-state index in [1.54, 1.807) is 24.3 Å². The maximum absolute atomic E-state index is 12.2. The number of Topliss-reactive ketones (excluding diaryl/α,β-unsaturated/α-hetero) is 2. The maximum Gasteiger partial charge on any atom is 0.355 e. The van der Waals surface area contributed by atoms with Crippen molar-refractivity contribution in [1.82, 2.24) is 4.98 Å². The number of ether oxygens (including phenoxy) is 1. The molecule has 1 aromatic carbocycles. The van der Waals surface area contributed by atoms with Crippen molar-refractivity contribution >= 4 is 29.1 Å². The Morgan fingerprint density at radius 3 is 2.32 bits per heavy atom. The summed E-state index contributed by atoms with van der Waals surface area (Å²) >= 11 is 5.76. The SMILES string of the molecule is CC(=O)c1c[nH]c(C(=O)OC(C)C(=O)c2ccc(Cl)cc2)c1. The molecule has 114 valence electrons. The largest absolute Gasteiger partial charge is 0.450 e. The number of halogens is 1. The summed E-state index contributed by atoms with van der Waals surface area (Å²) in [7, 11) is 0. The molecule has 22 heavy (non-hydrogen) atoms. The highest BCUT2D eigenvalue weighted by Gasteiger charge is 2.21. The molecule has 6 heteroatoms. The molecule has 2 aromatic rings. The minimum atomic E-state index is -0.947. The molecule has 1 heterocycles. The average Bonchev–Trinajstić information content (AvgIpc) is 2.97. The number of hydrogen-bond donors (Lipinski definition) is 1. The van der Waals surface area contributed by atoms with Gasteiger partial charge in [-0.15, -0.1) is 0 Å². The first-order chi connectivity index (χ1) is 10.4. The molecular formula is C16H14ClNO4. The highest BCUT2D eigenvalue weighted by Crippen LogP contribution is 2.14. The third-order valence-electron chi connectivity index (χ3n) is 3.09. The number of aromatic amines is 1. The summed E-state index contributed by atoms with van der Waals surface area (Å²) in [6.45, 7) is 2.88. The highest BCUT2D eigenvalue weighted by molar-refractivity contribution is 6.30. The summed E-state index contributed by atoms with van der Waals surface area (Å²) in [6, 6.07) is 7.71. The lowest BCUT2D eigenvalue weighted by molar-refractivity contribution is 0.0314. The van der Waals surface area contributed by atoms with Crippen molar-refractivity contribution in [2.45, 2.75) is 20.0 Å². The molecule has 1 unspecified atom stereocenters. The Bertz CT molecular complexity index is 718. The molecule has 0 fully saturated rings. The van der Waals surface area contributed by atoms with E-state index in [4.69, 9.17) is 16.3 Å². The fourth-order valence-corrected chi connectivity index (χ4v) is 1.97. The molecule has 0 saturated heterocycles. The Morgan fingerprint density at radius 2 is 1.77 bits per heavy atom. The van der Waals surface area contributed by atoms with E-state index in [1.807, 2.05) is 0 Å². The van der Waals surface area contributed by atoms with Crippen LogP contribution in [0.4, 0.5) is 0 Å². The van der Waals surface area contributed by atoms with E-state index < -0.39 is 12.1 Å². The number of esters is 1. The van der Waals surface area contributed by atoms with Crippen LogP contribution in [0.1, 0.15) is 45.1 Å². The van der Waals surface area contributed by atoms with Gasteiger partial charge in [-0.05, 0) is 44.2 Å². The van der Waals surface area contributed by atoms with Crippen molar-refractivity contribution in [2.24, 2.45) is 0 Å². The van der Waals surface area contributed by atoms with Crippen molar-refractivity contribution in [3.8, 4) is 0 Å². The van der Waals surface area contributed by atoms with Crippen LogP contribution in [0, 0.1) is 0 Å². The molecule has 2 rings (SSSR count). The molecule has 0 aliphatic heterocycles. The minimum absolute atomic E-state index is 0.126. The van der Waals surface area contributed by atoms with Crippen molar-refractivity contribution in [3.63, 3.8) is 0 Å². The Morgan fingerprint density at radius 1 is 1.14 bits per heavy atom. The molecule has 1 N–H and O–H groups in total. The van der Waals surface area contributed by atoms with Crippen LogP contribution in [-0.4, -0.2) is 28.6 Å². The van der Waals surface area contributed by atoms with Crippen molar-refractivity contribution in [1.29, 1.82) is 0 Å². The van der Waals surface area contributed by atoms with E-state index in [1.165, 1.54) is 26.1 Å². The lowest BCUT2D eigenvalue weighted by Gasteiger charge is -2.11. The average molecular weight is 320 g/mol. The topological polar surface area (TPSA) is 76.2 Å². The van der Waals surface area contributed by atoms with Crippen molar-refractivity contribution < 1.29 is 19.1 Å². The number of benzene rings is 1. The summed E-state index contributed by atoms with van der Waals surface area (Å²) in [5.74, 6) is -1.19. The van der Waals surface area contributed by atoms with Gasteiger partial charge in [0, 0.05) is 22.3 Å². The summed E-state index contributed by atoms with van der Waals surface area (Å²) in [5.41, 5.74) is 0.908. The first kappa shape index (κ1) is 16.0. The van der Waals surface area contributed by atoms with Gasteiger partial charge in [0.25, 0.3) is 0 Å². The number of nitrogens with one attached hydrogen (secondary N) is 1. The van der Waals surface area contributed by atoms with Gasteiger partial charge in [-0.2, -0.15) is 0 Å². The fraction of sp³-hybridized carbons (Fsp3) is 0.188. The van der Waals surface area contributed by atoms with Crippen LogP contribution in [0.2, 0.25) is 5.02 Å². The number of carbonyl (C=O) groups excluding carboxylic acids is 3. The number of rotatable bonds is 5. The zero-order chi connectivity index (χ0) is 16.3. The van der Waals surface area contributed by atoms with E-state index in [9.17, 15) is 14.4 Å². The monoisotopic (exact) mass is 319 g/mol. The number of H-pyrrole nitrogens is 1. The number of carbonyl (C=O) groups is 3. The van der Waals surface area contributed by atoms with Gasteiger partial charge in [-0.1, -0.05) is 11.6 Å². The van der Waals surface area contributed by atoms with E-state index in [0.29, 0.717) is 16.1 Å². The quantitative estimate of drug-likeness (QED) is 0.677. The molecule has 0 amide bonds. The van der Waals surface area contributed by atoms with Crippen LogP contribution in [-0.2, 0) is 4.74 Å². The summed E-state index contributed by atoms with van der Waals surface area (Å²) in [6.07, 6.45) is 0.475. The molecule has 0 saturated carbocycles. The third-order valence-corrected chi connectivity index (χ3v) is 3.34. The highest BCUT2D eigenvalue weighted by atomic mass is 35.5. The summed E-state index contributed by atoms with van der Waals surface area (Å²) in [4.78, 5) is 37.9. The van der Waals surface area contributed by atoms with Crippen LogP contribution < -0.4 is 0 Å². The van der Waals surface area contributed by atoms with Gasteiger partial charge < -0.3 is 9.72 Å². The van der Waals surface area contributed by atoms with Crippen LogP contribution in [0.15, 0.2) is 36.5 Å². The molecule has 5 nitrogen and oxygen atoms in total. The lowest BCUT2D eigenvalue weighted by Crippen LogP contribution is -2.24. The molecule has 1 atom stereocenters. The van der Waals surface area contributed by atoms with E-state index >= 15 is 0 Å². The van der Waals surface area contributed by atoms with Crippen molar-refractivity contribution in [2.75, 3.05) is 0 Å². The van der Waals surface area contributed by atoms with Gasteiger partial charge in [0.2, 0.25) is 5.78 Å². The second-order valence-electron chi connectivity index (χ2n) is 4.78. The van der Waals surface area contributed by atoms with Crippen molar-refractivity contribution in [3.05, 3.63) is 58.4 Å². The van der Waals surface area contributed by atoms with Gasteiger partial charge >= 0.3 is 5.97 Å². The minimum Gasteiger partial charge on any atom is -0.450 e. The van der Waals surface area contributed by atoms with Gasteiger partial charge in [0.05, 0.1) is 0 Å². The maximum atomic E-state index is 12.2. The molecule has 0 aliphatic rings. The summed E-state index contributed by atoms with van der Waals surface area (Å²) < 4.78 is 5.11. The fourth-order valence-electron chi connectivity index (χ4n) is 1.84. The number of aromatic nitrogens is 1.